The molecule has 0 saturated carbocycles. The van der Waals surface area contributed by atoms with Gasteiger partial charge >= 0.3 is 0 Å². The fourth-order valence-electron chi connectivity index (χ4n) is 1.93. The molecule has 3 rings (SSSR count). The van der Waals surface area contributed by atoms with Gasteiger partial charge in [-0.1, -0.05) is 0 Å². The zero-order valence-electron chi connectivity index (χ0n) is 11.2. The van der Waals surface area contributed by atoms with Gasteiger partial charge in [-0.3, -0.25) is 14.8 Å². The minimum absolute atomic E-state index is 0.203. The first kappa shape index (κ1) is 13.6. The lowest BCUT2D eigenvalue weighted by Crippen LogP contribution is -2.12. The average Bonchev–Trinajstić information content (AvgIpc) is 2.50. The molecule has 0 aliphatic rings. The van der Waals surface area contributed by atoms with E-state index in [0.29, 0.717) is 16.8 Å². The van der Waals surface area contributed by atoms with Gasteiger partial charge in [-0.25, -0.2) is 4.98 Å². The number of amides is 1. The van der Waals surface area contributed by atoms with Crippen molar-refractivity contribution in [3.8, 4) is 0 Å². The SMILES string of the molecule is Cc1cc(NC(=O)c2ccc3nccnc3c2)cnc1Br. The van der Waals surface area contributed by atoms with E-state index < -0.39 is 0 Å². The van der Waals surface area contributed by atoms with Crippen molar-refractivity contribution in [2.24, 2.45) is 0 Å². The maximum Gasteiger partial charge on any atom is 0.255 e. The van der Waals surface area contributed by atoms with Crippen molar-refractivity contribution in [2.75, 3.05) is 5.32 Å². The van der Waals surface area contributed by atoms with Gasteiger partial charge in [0.25, 0.3) is 5.91 Å². The lowest BCUT2D eigenvalue weighted by Gasteiger charge is -2.07. The molecular weight excluding hydrogens is 332 g/mol. The number of rotatable bonds is 2. The lowest BCUT2D eigenvalue weighted by molar-refractivity contribution is 0.102. The van der Waals surface area contributed by atoms with Gasteiger partial charge in [-0.05, 0) is 52.7 Å². The number of benzene rings is 1. The quantitative estimate of drug-likeness (QED) is 0.725. The second-order valence-corrected chi connectivity index (χ2v) is 5.30. The molecule has 0 radical (unpaired) electrons. The molecule has 0 saturated heterocycles. The highest BCUT2D eigenvalue weighted by molar-refractivity contribution is 9.10. The zero-order chi connectivity index (χ0) is 14.8. The van der Waals surface area contributed by atoms with Crippen molar-refractivity contribution < 1.29 is 4.79 Å². The molecule has 3 aromatic rings. The van der Waals surface area contributed by atoms with E-state index in [1.165, 1.54) is 0 Å². The van der Waals surface area contributed by atoms with Crippen LogP contribution in [0.15, 0.2) is 47.5 Å². The van der Waals surface area contributed by atoms with E-state index in [-0.39, 0.29) is 5.91 Å². The zero-order valence-corrected chi connectivity index (χ0v) is 12.8. The van der Waals surface area contributed by atoms with Crippen LogP contribution in [0.4, 0.5) is 5.69 Å². The maximum atomic E-state index is 12.3. The smallest absolute Gasteiger partial charge is 0.255 e. The van der Waals surface area contributed by atoms with Crippen LogP contribution in [-0.2, 0) is 0 Å². The molecule has 0 atom stereocenters. The maximum absolute atomic E-state index is 12.3. The third kappa shape index (κ3) is 2.90. The van der Waals surface area contributed by atoms with Gasteiger partial charge in [0, 0.05) is 18.0 Å². The molecule has 1 aromatic carbocycles. The van der Waals surface area contributed by atoms with Gasteiger partial charge < -0.3 is 5.32 Å². The normalized spacial score (nSPS) is 10.6. The van der Waals surface area contributed by atoms with Gasteiger partial charge in [0.05, 0.1) is 22.9 Å². The number of nitrogens with one attached hydrogen (secondary N) is 1. The van der Waals surface area contributed by atoms with Crippen LogP contribution in [0, 0.1) is 6.92 Å². The Labute approximate surface area is 129 Å². The first-order valence-corrected chi connectivity index (χ1v) is 7.07. The number of aromatic nitrogens is 3. The van der Waals surface area contributed by atoms with Crippen molar-refractivity contribution >= 4 is 38.6 Å². The molecule has 0 unspecified atom stereocenters. The summed E-state index contributed by atoms with van der Waals surface area (Å²) in [5.41, 5.74) is 3.59. The van der Waals surface area contributed by atoms with Crippen LogP contribution in [0.3, 0.4) is 0 Å². The van der Waals surface area contributed by atoms with E-state index in [4.69, 9.17) is 0 Å². The highest BCUT2D eigenvalue weighted by atomic mass is 79.9. The molecule has 0 fully saturated rings. The summed E-state index contributed by atoms with van der Waals surface area (Å²) in [6.45, 7) is 1.92. The number of carbonyl (C=O) groups excluding carboxylic acids is 1. The van der Waals surface area contributed by atoms with Crippen molar-refractivity contribution in [2.45, 2.75) is 6.92 Å². The van der Waals surface area contributed by atoms with Crippen molar-refractivity contribution in [3.05, 3.63) is 58.6 Å². The fourth-order valence-corrected chi connectivity index (χ4v) is 2.15. The van der Waals surface area contributed by atoms with Crippen LogP contribution in [-0.4, -0.2) is 20.9 Å². The van der Waals surface area contributed by atoms with Gasteiger partial charge in [0.2, 0.25) is 0 Å². The van der Waals surface area contributed by atoms with Gasteiger partial charge in [-0.15, -0.1) is 0 Å². The molecule has 5 nitrogen and oxygen atoms in total. The third-order valence-electron chi connectivity index (χ3n) is 3.00. The minimum Gasteiger partial charge on any atom is -0.321 e. The Balaban J connectivity index is 1.87. The lowest BCUT2D eigenvalue weighted by atomic mass is 10.1. The molecule has 104 valence electrons. The Morgan fingerprint density at radius 1 is 1.10 bits per heavy atom. The molecular formula is C15H11BrN4O. The molecule has 2 aromatic heterocycles. The van der Waals surface area contributed by atoms with Crippen LogP contribution in [0.25, 0.3) is 11.0 Å². The van der Waals surface area contributed by atoms with E-state index in [2.05, 4.69) is 36.2 Å². The Bertz CT molecular complexity index is 835. The molecule has 1 amide bonds. The average molecular weight is 343 g/mol. The van der Waals surface area contributed by atoms with Crippen LogP contribution < -0.4 is 5.32 Å². The summed E-state index contributed by atoms with van der Waals surface area (Å²) in [5, 5.41) is 2.82. The predicted octanol–water partition coefficient (Wildman–Crippen LogP) is 3.35. The van der Waals surface area contributed by atoms with E-state index >= 15 is 0 Å². The number of hydrogen-bond donors (Lipinski definition) is 1. The summed E-state index contributed by atoms with van der Waals surface area (Å²) in [4.78, 5) is 24.8. The topological polar surface area (TPSA) is 67.8 Å². The third-order valence-corrected chi connectivity index (χ3v) is 3.83. The van der Waals surface area contributed by atoms with Crippen LogP contribution in [0.1, 0.15) is 15.9 Å². The fraction of sp³-hybridized carbons (Fsp3) is 0.0667. The van der Waals surface area contributed by atoms with Gasteiger partial charge in [0.15, 0.2) is 0 Å². The summed E-state index contributed by atoms with van der Waals surface area (Å²) in [6, 6.07) is 7.08. The summed E-state index contributed by atoms with van der Waals surface area (Å²) < 4.78 is 0.765. The molecule has 2 heterocycles. The summed E-state index contributed by atoms with van der Waals surface area (Å²) in [6.07, 6.45) is 4.83. The van der Waals surface area contributed by atoms with Crippen molar-refractivity contribution in [1.29, 1.82) is 0 Å². The number of hydrogen-bond acceptors (Lipinski definition) is 4. The van der Waals surface area contributed by atoms with E-state index in [1.54, 1.807) is 36.8 Å². The second-order valence-electron chi connectivity index (χ2n) is 4.55. The Morgan fingerprint density at radius 3 is 2.62 bits per heavy atom. The van der Waals surface area contributed by atoms with Crippen molar-refractivity contribution in [3.63, 3.8) is 0 Å². The van der Waals surface area contributed by atoms with Crippen LogP contribution in [0.5, 0.6) is 0 Å². The molecule has 0 aliphatic heterocycles. The van der Waals surface area contributed by atoms with Gasteiger partial charge in [0.1, 0.15) is 4.60 Å². The summed E-state index contributed by atoms with van der Waals surface area (Å²) >= 11 is 3.33. The minimum atomic E-state index is -0.203. The van der Waals surface area contributed by atoms with Crippen LogP contribution >= 0.6 is 15.9 Å². The van der Waals surface area contributed by atoms with E-state index in [9.17, 15) is 4.79 Å². The largest absolute Gasteiger partial charge is 0.321 e. The Hall–Kier alpha value is -2.34. The molecule has 0 aliphatic carbocycles. The Morgan fingerprint density at radius 2 is 1.86 bits per heavy atom. The number of aryl methyl sites for hydroxylation is 1. The van der Waals surface area contributed by atoms with E-state index in [0.717, 1.165) is 15.7 Å². The van der Waals surface area contributed by atoms with E-state index in [1.807, 2.05) is 13.0 Å². The first-order chi connectivity index (χ1) is 10.1. The van der Waals surface area contributed by atoms with Gasteiger partial charge in [-0.2, -0.15) is 0 Å². The summed E-state index contributed by atoms with van der Waals surface area (Å²) in [7, 11) is 0. The predicted molar refractivity (Wildman–Crippen MR) is 84.2 cm³/mol. The highest BCUT2D eigenvalue weighted by Gasteiger charge is 2.08. The highest BCUT2D eigenvalue weighted by Crippen LogP contribution is 2.18. The molecule has 0 spiro atoms. The number of nitrogens with zero attached hydrogens (tertiary/aromatic N) is 3. The number of fused-ring (bicyclic) bond motifs is 1. The molecule has 6 heteroatoms. The number of halogens is 1. The second kappa shape index (κ2) is 5.57. The van der Waals surface area contributed by atoms with Crippen molar-refractivity contribution in [1.82, 2.24) is 15.0 Å². The summed E-state index contributed by atoms with van der Waals surface area (Å²) in [5.74, 6) is -0.203. The van der Waals surface area contributed by atoms with Crippen LogP contribution in [0.2, 0.25) is 0 Å². The monoisotopic (exact) mass is 342 g/mol. The molecule has 0 bridgehead atoms. The standard InChI is InChI=1S/C15H11BrN4O/c1-9-6-11(8-19-14(9)16)20-15(21)10-2-3-12-13(7-10)18-5-4-17-12/h2-8H,1H3,(H,20,21). The first-order valence-electron chi connectivity index (χ1n) is 6.28. The number of pyridine rings is 1. The molecule has 21 heavy (non-hydrogen) atoms. The number of carbonyl (C=O) groups is 1. The molecule has 1 N–H and O–H groups in total. The Kier molecular flexibility index (Phi) is 3.62. The number of anilines is 1.